The van der Waals surface area contributed by atoms with Gasteiger partial charge in [-0.25, -0.2) is 22.0 Å². The molecule has 2 aromatic heterocycles. The molecule has 0 atom stereocenters. The van der Waals surface area contributed by atoms with Gasteiger partial charge < -0.3 is 4.74 Å². The van der Waals surface area contributed by atoms with Gasteiger partial charge in [-0.2, -0.15) is 4.98 Å². The summed E-state index contributed by atoms with van der Waals surface area (Å²) in [5.41, 5.74) is 1.55. The molecule has 0 unspecified atom stereocenters. The van der Waals surface area contributed by atoms with Gasteiger partial charge in [-0.1, -0.05) is 0 Å². The van der Waals surface area contributed by atoms with Crippen LogP contribution in [0.1, 0.15) is 11.1 Å². The number of hydrogen-bond donors (Lipinski definition) is 1. The number of nitrogens with one attached hydrogen (secondary N) is 1. The van der Waals surface area contributed by atoms with Crippen LogP contribution in [0, 0.1) is 19.7 Å². The van der Waals surface area contributed by atoms with Crippen LogP contribution in [0.25, 0.3) is 5.65 Å². The van der Waals surface area contributed by atoms with E-state index >= 15 is 0 Å². The lowest BCUT2D eigenvalue weighted by atomic mass is 10.1. The molecule has 0 saturated heterocycles. The van der Waals surface area contributed by atoms with Crippen molar-refractivity contribution in [2.75, 3.05) is 11.8 Å². The number of benzene rings is 1. The van der Waals surface area contributed by atoms with Gasteiger partial charge in [-0.05, 0) is 49.2 Å². The Kier molecular flexibility index (Phi) is 3.88. The molecular formula is C15H15FN4O3S. The van der Waals surface area contributed by atoms with E-state index in [-0.39, 0.29) is 10.8 Å². The van der Waals surface area contributed by atoms with E-state index in [0.29, 0.717) is 22.5 Å². The first-order valence-electron chi connectivity index (χ1n) is 7.00. The molecule has 0 aliphatic heterocycles. The topological polar surface area (TPSA) is 85.6 Å². The average Bonchev–Trinajstić information content (AvgIpc) is 2.89. The highest BCUT2D eigenvalue weighted by Crippen LogP contribution is 2.26. The molecule has 3 aromatic rings. The van der Waals surface area contributed by atoms with Crippen LogP contribution in [-0.4, -0.2) is 30.1 Å². The Labute approximate surface area is 138 Å². The highest BCUT2D eigenvalue weighted by atomic mass is 32.2. The number of nitrogens with zero attached hydrogens (tertiary/aromatic N) is 3. The summed E-state index contributed by atoms with van der Waals surface area (Å²) < 4.78 is 47.0. The molecule has 0 amide bonds. The number of fused-ring (bicyclic) bond motifs is 1. The Bertz CT molecular complexity index is 1030. The van der Waals surface area contributed by atoms with Gasteiger partial charge in [-0.3, -0.25) is 0 Å². The normalized spacial score (nSPS) is 11.7. The van der Waals surface area contributed by atoms with Gasteiger partial charge in [0.25, 0.3) is 16.0 Å². The van der Waals surface area contributed by atoms with Crippen molar-refractivity contribution in [3.63, 3.8) is 0 Å². The summed E-state index contributed by atoms with van der Waals surface area (Å²) in [4.78, 5) is 4.12. The summed E-state index contributed by atoms with van der Waals surface area (Å²) in [5, 5.41) is 3.92. The van der Waals surface area contributed by atoms with Crippen molar-refractivity contribution in [3.8, 4) is 5.75 Å². The number of aryl methyl sites for hydroxylation is 2. The Morgan fingerprint density at radius 3 is 2.67 bits per heavy atom. The van der Waals surface area contributed by atoms with Crippen LogP contribution in [-0.2, 0) is 10.0 Å². The fraction of sp³-hybridized carbons (Fsp3) is 0.200. The van der Waals surface area contributed by atoms with Gasteiger partial charge in [0.1, 0.15) is 11.6 Å². The monoisotopic (exact) mass is 350 g/mol. The average molecular weight is 350 g/mol. The minimum Gasteiger partial charge on any atom is -0.496 e. The Hall–Kier alpha value is -2.68. The quantitative estimate of drug-likeness (QED) is 0.780. The zero-order valence-electron chi connectivity index (χ0n) is 13.2. The van der Waals surface area contributed by atoms with Gasteiger partial charge in [0.05, 0.1) is 18.2 Å². The lowest BCUT2D eigenvalue weighted by Crippen LogP contribution is -2.15. The number of sulfonamides is 1. The highest BCUT2D eigenvalue weighted by Gasteiger charge is 2.21. The van der Waals surface area contributed by atoms with Crippen LogP contribution < -0.4 is 9.46 Å². The molecule has 24 heavy (non-hydrogen) atoms. The molecule has 0 aliphatic carbocycles. The van der Waals surface area contributed by atoms with E-state index < -0.39 is 15.8 Å². The molecule has 2 heterocycles. The second-order valence-electron chi connectivity index (χ2n) is 5.28. The van der Waals surface area contributed by atoms with Crippen molar-refractivity contribution in [1.29, 1.82) is 0 Å². The van der Waals surface area contributed by atoms with E-state index in [1.54, 1.807) is 19.9 Å². The Morgan fingerprint density at radius 1 is 1.21 bits per heavy atom. The molecule has 0 bridgehead atoms. The third-order valence-electron chi connectivity index (χ3n) is 3.50. The summed E-state index contributed by atoms with van der Waals surface area (Å²) in [6.45, 7) is 3.42. The summed E-state index contributed by atoms with van der Waals surface area (Å²) >= 11 is 0. The van der Waals surface area contributed by atoms with Crippen LogP contribution >= 0.6 is 0 Å². The van der Waals surface area contributed by atoms with Gasteiger partial charge >= 0.3 is 0 Å². The van der Waals surface area contributed by atoms with Crippen LogP contribution in [0.2, 0.25) is 0 Å². The number of aromatic nitrogens is 3. The Balaban J connectivity index is 2.00. The van der Waals surface area contributed by atoms with Crippen molar-refractivity contribution in [3.05, 3.63) is 47.4 Å². The number of hydrogen-bond acceptors (Lipinski definition) is 5. The smallest absolute Gasteiger partial charge is 0.264 e. The number of ether oxygens (including phenoxy) is 1. The molecule has 0 aliphatic rings. The van der Waals surface area contributed by atoms with E-state index in [1.165, 1.54) is 29.8 Å². The fourth-order valence-electron chi connectivity index (χ4n) is 2.35. The molecule has 7 nitrogen and oxygen atoms in total. The first kappa shape index (κ1) is 16.2. The third kappa shape index (κ3) is 2.90. The predicted octanol–water partition coefficient (Wildman–Crippen LogP) is 2.29. The zero-order valence-corrected chi connectivity index (χ0v) is 14.1. The van der Waals surface area contributed by atoms with Crippen molar-refractivity contribution >= 4 is 21.6 Å². The van der Waals surface area contributed by atoms with E-state index in [0.717, 1.165) is 6.20 Å². The maximum Gasteiger partial charge on any atom is 0.264 e. The second kappa shape index (κ2) is 5.75. The zero-order chi connectivity index (χ0) is 17.5. The number of pyridine rings is 1. The Morgan fingerprint density at radius 2 is 1.96 bits per heavy atom. The van der Waals surface area contributed by atoms with Crippen LogP contribution in [0.5, 0.6) is 5.75 Å². The van der Waals surface area contributed by atoms with Gasteiger partial charge in [0, 0.05) is 0 Å². The van der Waals surface area contributed by atoms with Crippen molar-refractivity contribution < 1.29 is 17.5 Å². The summed E-state index contributed by atoms with van der Waals surface area (Å²) in [6.07, 6.45) is 1.11. The molecular weight excluding hydrogens is 335 g/mol. The van der Waals surface area contributed by atoms with E-state index in [9.17, 15) is 12.8 Å². The molecule has 3 rings (SSSR count). The molecule has 0 saturated carbocycles. The fourth-order valence-corrected chi connectivity index (χ4v) is 3.60. The van der Waals surface area contributed by atoms with E-state index in [4.69, 9.17) is 4.74 Å². The molecule has 1 aromatic carbocycles. The van der Waals surface area contributed by atoms with Gasteiger partial charge in [0.15, 0.2) is 5.65 Å². The lowest BCUT2D eigenvalue weighted by Gasteiger charge is -2.11. The lowest BCUT2D eigenvalue weighted by molar-refractivity contribution is 0.411. The summed E-state index contributed by atoms with van der Waals surface area (Å²) in [6, 6.07) is 5.80. The predicted molar refractivity (Wildman–Crippen MR) is 86.2 cm³/mol. The van der Waals surface area contributed by atoms with E-state index in [2.05, 4.69) is 14.8 Å². The van der Waals surface area contributed by atoms with E-state index in [1.807, 2.05) is 0 Å². The maximum atomic E-state index is 13.2. The molecule has 9 heteroatoms. The second-order valence-corrected chi connectivity index (χ2v) is 6.93. The van der Waals surface area contributed by atoms with Gasteiger partial charge in [-0.15, -0.1) is 5.10 Å². The first-order valence-corrected chi connectivity index (χ1v) is 8.48. The molecule has 126 valence electrons. The third-order valence-corrected chi connectivity index (χ3v) is 4.97. The number of rotatable bonds is 4. The molecule has 0 fully saturated rings. The molecule has 0 spiro atoms. The summed E-state index contributed by atoms with van der Waals surface area (Å²) in [7, 11) is -2.37. The van der Waals surface area contributed by atoms with Crippen LogP contribution in [0.15, 0.2) is 35.4 Å². The number of methoxy groups -OCH3 is 1. The van der Waals surface area contributed by atoms with Crippen molar-refractivity contribution in [2.24, 2.45) is 0 Å². The highest BCUT2D eigenvalue weighted by molar-refractivity contribution is 7.92. The SMILES string of the molecule is COc1cc(C)c(S(=O)(=O)Nc2nc3ccc(F)cn3n2)cc1C. The standard InChI is InChI=1S/C15H15FN4O3S/c1-9-7-13(10(2)6-12(9)23-3)24(21,22)19-15-17-14-5-4-11(16)8-20(14)18-15/h4-8H,1-3H3,(H,18,19). The largest absolute Gasteiger partial charge is 0.496 e. The van der Waals surface area contributed by atoms with Crippen molar-refractivity contribution in [2.45, 2.75) is 18.7 Å². The molecule has 0 radical (unpaired) electrons. The summed E-state index contributed by atoms with van der Waals surface area (Å²) in [5.74, 6) is -0.0234. The number of anilines is 1. The van der Waals surface area contributed by atoms with Gasteiger partial charge in [0.2, 0.25) is 0 Å². The van der Waals surface area contributed by atoms with Crippen LogP contribution in [0.3, 0.4) is 0 Å². The van der Waals surface area contributed by atoms with Crippen LogP contribution in [0.4, 0.5) is 10.3 Å². The first-order chi connectivity index (χ1) is 11.3. The number of halogens is 1. The minimum absolute atomic E-state index is 0.103. The maximum absolute atomic E-state index is 13.2. The minimum atomic E-state index is -3.89. The molecule has 1 N–H and O–H groups in total. The van der Waals surface area contributed by atoms with Crippen molar-refractivity contribution in [1.82, 2.24) is 14.6 Å².